The smallest absolute Gasteiger partial charge is 0.118 e. The number of hydrogen-bond acceptors (Lipinski definition) is 5. The maximum Gasteiger partial charge on any atom is 0.118 e. The van der Waals surface area contributed by atoms with Gasteiger partial charge in [0.15, 0.2) is 0 Å². The molecule has 2 atom stereocenters. The molecular weight excluding hydrogens is 304 g/mol. The van der Waals surface area contributed by atoms with Crippen molar-refractivity contribution in [2.45, 2.75) is 57.9 Å². The van der Waals surface area contributed by atoms with Gasteiger partial charge in [0, 0.05) is 25.7 Å². The fraction of sp³-hybridized carbons (Fsp3) is 0.789. The number of hydrogen-bond donors (Lipinski definition) is 0. The van der Waals surface area contributed by atoms with E-state index in [4.69, 9.17) is 13.9 Å². The molecule has 0 bridgehead atoms. The van der Waals surface area contributed by atoms with Gasteiger partial charge in [0.1, 0.15) is 17.1 Å². The molecular formula is C19H32N2O3. The van der Waals surface area contributed by atoms with Crippen LogP contribution in [0.2, 0.25) is 0 Å². The first-order chi connectivity index (χ1) is 11.5. The van der Waals surface area contributed by atoms with Gasteiger partial charge < -0.3 is 18.8 Å². The summed E-state index contributed by atoms with van der Waals surface area (Å²) in [5.41, 5.74) is -0.152. The molecule has 0 radical (unpaired) electrons. The summed E-state index contributed by atoms with van der Waals surface area (Å²) < 4.78 is 18.2. The van der Waals surface area contributed by atoms with Gasteiger partial charge in [-0.2, -0.15) is 0 Å². The molecule has 136 valence electrons. The molecule has 2 saturated heterocycles. The Morgan fingerprint density at radius 3 is 2.92 bits per heavy atom. The monoisotopic (exact) mass is 336 g/mol. The second-order valence-electron chi connectivity index (χ2n) is 7.77. The number of aryl methyl sites for hydroxylation is 1. The number of rotatable bonds is 5. The number of likely N-dealkylation sites (N-methyl/N-ethyl adjacent to an activating group) is 1. The molecule has 0 saturated carbocycles. The van der Waals surface area contributed by atoms with Crippen molar-refractivity contribution >= 4 is 0 Å². The highest BCUT2D eigenvalue weighted by Crippen LogP contribution is 2.34. The van der Waals surface area contributed by atoms with Gasteiger partial charge in [0.2, 0.25) is 0 Å². The van der Waals surface area contributed by atoms with E-state index in [9.17, 15) is 0 Å². The van der Waals surface area contributed by atoms with Gasteiger partial charge in [-0.3, -0.25) is 4.90 Å². The van der Waals surface area contributed by atoms with E-state index in [1.165, 1.54) is 0 Å². The molecule has 24 heavy (non-hydrogen) atoms. The summed E-state index contributed by atoms with van der Waals surface area (Å²) >= 11 is 0. The van der Waals surface area contributed by atoms with Crippen LogP contribution in [0.1, 0.15) is 38.2 Å². The third-order valence-electron chi connectivity index (χ3n) is 5.32. The Balaban J connectivity index is 1.60. The maximum atomic E-state index is 6.52. The van der Waals surface area contributed by atoms with Crippen LogP contribution in [0.25, 0.3) is 0 Å². The summed E-state index contributed by atoms with van der Waals surface area (Å²) in [5, 5.41) is 0. The molecule has 1 spiro atoms. The molecule has 0 aliphatic carbocycles. The van der Waals surface area contributed by atoms with Crippen LogP contribution in [0.3, 0.4) is 0 Å². The van der Waals surface area contributed by atoms with Gasteiger partial charge in [0.05, 0.1) is 25.9 Å². The predicted molar refractivity (Wildman–Crippen MR) is 94.1 cm³/mol. The third-order valence-corrected chi connectivity index (χ3v) is 5.32. The summed E-state index contributed by atoms with van der Waals surface area (Å²) in [6.45, 7) is 11.6. The molecule has 0 aromatic carbocycles. The Morgan fingerprint density at radius 1 is 1.38 bits per heavy atom. The minimum absolute atomic E-state index is 0.152. The normalized spacial score (nSPS) is 29.0. The van der Waals surface area contributed by atoms with Crippen LogP contribution in [0.15, 0.2) is 16.5 Å². The van der Waals surface area contributed by atoms with Crippen molar-refractivity contribution in [3.05, 3.63) is 23.7 Å². The maximum absolute atomic E-state index is 6.52. The van der Waals surface area contributed by atoms with Crippen LogP contribution in [-0.2, 0) is 16.0 Å². The minimum Gasteiger partial charge on any atom is -0.465 e. The van der Waals surface area contributed by atoms with E-state index >= 15 is 0 Å². The molecule has 3 rings (SSSR count). The van der Waals surface area contributed by atoms with Gasteiger partial charge in [-0.05, 0) is 52.8 Å². The SMILES string of the molecule is Cc1ccc(CN2CCOC[C@@]3(CC[C@H](CN(C)C(C)C)O3)C2)o1. The van der Waals surface area contributed by atoms with Crippen molar-refractivity contribution in [2.24, 2.45) is 0 Å². The quantitative estimate of drug-likeness (QED) is 0.826. The summed E-state index contributed by atoms with van der Waals surface area (Å²) in [5.74, 6) is 2.00. The summed E-state index contributed by atoms with van der Waals surface area (Å²) in [6, 6.07) is 4.65. The highest BCUT2D eigenvalue weighted by Gasteiger charge is 2.43. The third kappa shape index (κ3) is 4.39. The Labute approximate surface area is 145 Å². The lowest BCUT2D eigenvalue weighted by Crippen LogP contribution is -2.45. The molecule has 1 aromatic rings. The Bertz CT molecular complexity index is 530. The Hall–Kier alpha value is -0.880. The largest absolute Gasteiger partial charge is 0.465 e. The minimum atomic E-state index is -0.152. The average Bonchev–Trinajstić information content (AvgIpc) is 3.04. The zero-order valence-corrected chi connectivity index (χ0v) is 15.6. The van der Waals surface area contributed by atoms with Gasteiger partial charge in [-0.15, -0.1) is 0 Å². The second kappa shape index (κ2) is 7.56. The number of ether oxygens (including phenoxy) is 2. The molecule has 0 N–H and O–H groups in total. The van der Waals surface area contributed by atoms with Crippen LogP contribution < -0.4 is 0 Å². The van der Waals surface area contributed by atoms with Gasteiger partial charge in [-0.1, -0.05) is 0 Å². The van der Waals surface area contributed by atoms with Crippen LogP contribution in [0, 0.1) is 6.92 Å². The van der Waals surface area contributed by atoms with Gasteiger partial charge >= 0.3 is 0 Å². The second-order valence-corrected chi connectivity index (χ2v) is 7.77. The highest BCUT2D eigenvalue weighted by molar-refractivity contribution is 5.06. The Morgan fingerprint density at radius 2 is 2.21 bits per heavy atom. The zero-order valence-electron chi connectivity index (χ0n) is 15.6. The molecule has 2 aliphatic heterocycles. The van der Waals surface area contributed by atoms with E-state index in [0.717, 1.165) is 57.1 Å². The predicted octanol–water partition coefficient (Wildman–Crippen LogP) is 2.68. The van der Waals surface area contributed by atoms with Crippen molar-refractivity contribution in [1.82, 2.24) is 9.80 Å². The van der Waals surface area contributed by atoms with E-state index in [1.807, 2.05) is 13.0 Å². The lowest BCUT2D eigenvalue weighted by atomic mass is 10.00. The van der Waals surface area contributed by atoms with Crippen molar-refractivity contribution in [2.75, 3.05) is 39.9 Å². The molecule has 5 nitrogen and oxygen atoms in total. The van der Waals surface area contributed by atoms with Crippen molar-refractivity contribution in [3.63, 3.8) is 0 Å². The van der Waals surface area contributed by atoms with E-state index in [0.29, 0.717) is 18.8 Å². The standard InChI is InChI=1S/C19H32N2O3/c1-15(2)20(4)11-18-7-8-19(24-18)13-21(9-10-22-14-19)12-17-6-5-16(3)23-17/h5-6,15,18H,7-14H2,1-4H3/t18-,19-/m1/s1. The fourth-order valence-electron chi connectivity index (χ4n) is 3.69. The molecule has 2 aliphatic rings. The first-order valence-electron chi connectivity index (χ1n) is 9.19. The average molecular weight is 336 g/mol. The van der Waals surface area contributed by atoms with E-state index in [2.05, 4.69) is 36.8 Å². The van der Waals surface area contributed by atoms with Crippen molar-refractivity contribution in [1.29, 1.82) is 0 Å². The highest BCUT2D eigenvalue weighted by atomic mass is 16.6. The van der Waals surface area contributed by atoms with Crippen LogP contribution in [0.5, 0.6) is 0 Å². The Kier molecular flexibility index (Phi) is 5.65. The van der Waals surface area contributed by atoms with E-state index in [-0.39, 0.29) is 5.60 Å². The number of nitrogens with zero attached hydrogens (tertiary/aromatic N) is 2. The zero-order chi connectivity index (χ0) is 17.2. The number of furan rings is 1. The lowest BCUT2D eigenvalue weighted by Gasteiger charge is -2.32. The fourth-order valence-corrected chi connectivity index (χ4v) is 3.69. The van der Waals surface area contributed by atoms with Crippen LogP contribution in [0.4, 0.5) is 0 Å². The summed E-state index contributed by atoms with van der Waals surface area (Å²) in [4.78, 5) is 4.78. The van der Waals surface area contributed by atoms with Crippen molar-refractivity contribution in [3.8, 4) is 0 Å². The molecule has 0 amide bonds. The summed E-state index contributed by atoms with van der Waals surface area (Å²) in [6.07, 6.45) is 2.51. The molecule has 3 heterocycles. The first-order valence-corrected chi connectivity index (χ1v) is 9.19. The first kappa shape index (κ1) is 17.9. The van der Waals surface area contributed by atoms with E-state index < -0.39 is 0 Å². The summed E-state index contributed by atoms with van der Waals surface area (Å²) in [7, 11) is 2.17. The van der Waals surface area contributed by atoms with E-state index in [1.54, 1.807) is 0 Å². The molecule has 0 unspecified atom stereocenters. The van der Waals surface area contributed by atoms with Gasteiger partial charge in [0.25, 0.3) is 0 Å². The molecule has 5 heteroatoms. The lowest BCUT2D eigenvalue weighted by molar-refractivity contribution is -0.0927. The van der Waals surface area contributed by atoms with Crippen LogP contribution >= 0.6 is 0 Å². The molecule has 1 aromatic heterocycles. The van der Waals surface area contributed by atoms with Crippen LogP contribution in [-0.4, -0.2) is 67.4 Å². The topological polar surface area (TPSA) is 38.1 Å². The van der Waals surface area contributed by atoms with Gasteiger partial charge in [-0.25, -0.2) is 0 Å². The molecule has 2 fully saturated rings. The van der Waals surface area contributed by atoms with Crippen molar-refractivity contribution < 1.29 is 13.9 Å².